The van der Waals surface area contributed by atoms with Gasteiger partial charge >= 0.3 is 12.0 Å². The molecule has 1 unspecified atom stereocenters. The Hall–Kier alpha value is -1.93. The summed E-state index contributed by atoms with van der Waals surface area (Å²) in [5.74, 6) is -0.491. The minimum Gasteiger partial charge on any atom is -0.456 e. The number of carbonyl (C=O) groups excluding carboxylic acids is 1. The number of fused-ring (bicyclic) bond motifs is 3. The fourth-order valence-electron chi connectivity index (χ4n) is 2.34. The fourth-order valence-corrected chi connectivity index (χ4v) is 2.34. The van der Waals surface area contributed by atoms with E-state index in [0.29, 0.717) is 0 Å². The van der Waals surface area contributed by atoms with Gasteiger partial charge in [-0.3, -0.25) is 14.2 Å². The lowest BCUT2D eigenvalue weighted by molar-refractivity contribution is -0.153. The van der Waals surface area contributed by atoms with Crippen LogP contribution in [0.1, 0.15) is 13.2 Å². The van der Waals surface area contributed by atoms with Crippen molar-refractivity contribution < 1.29 is 24.1 Å². The normalized spacial score (nSPS) is 31.5. The summed E-state index contributed by atoms with van der Waals surface area (Å²) in [6.45, 7) is 0.974. The van der Waals surface area contributed by atoms with Crippen molar-refractivity contribution in [2.75, 3.05) is 6.61 Å². The lowest BCUT2D eigenvalue weighted by Gasteiger charge is -2.19. The van der Waals surface area contributed by atoms with Crippen LogP contribution in [0.3, 0.4) is 0 Å². The summed E-state index contributed by atoms with van der Waals surface area (Å²) in [5, 5.41) is 9.25. The minimum absolute atomic E-state index is 0.121. The van der Waals surface area contributed by atoms with Crippen LogP contribution in [0.5, 0.6) is 6.01 Å². The molecule has 0 radical (unpaired) electrons. The molecule has 0 bridgehead atoms. The smallest absolute Gasteiger partial charge is 0.303 e. The van der Waals surface area contributed by atoms with Crippen molar-refractivity contribution in [2.45, 2.75) is 31.5 Å². The average molecular weight is 268 g/mol. The van der Waals surface area contributed by atoms with E-state index in [2.05, 4.69) is 4.98 Å². The number of hydrogen-bond donors (Lipinski definition) is 1. The Morgan fingerprint density at radius 1 is 1.63 bits per heavy atom. The largest absolute Gasteiger partial charge is 0.456 e. The number of hydrogen-bond acceptors (Lipinski definition) is 7. The van der Waals surface area contributed by atoms with E-state index in [1.165, 1.54) is 23.8 Å². The van der Waals surface area contributed by atoms with Crippen molar-refractivity contribution in [1.29, 1.82) is 0 Å². The second-order valence-electron chi connectivity index (χ2n) is 4.36. The van der Waals surface area contributed by atoms with Crippen molar-refractivity contribution >= 4 is 5.97 Å². The number of carbonyl (C=O) groups is 1. The van der Waals surface area contributed by atoms with Gasteiger partial charge in [-0.15, -0.1) is 0 Å². The van der Waals surface area contributed by atoms with Crippen LogP contribution in [-0.4, -0.2) is 45.5 Å². The number of aromatic nitrogens is 2. The van der Waals surface area contributed by atoms with E-state index in [0.717, 1.165) is 0 Å². The SMILES string of the molecule is CC(=O)OC1[C@H]2Oc3nc(=O)ccn3[C@@H]2O[C@@H]1CO. The quantitative estimate of drug-likeness (QED) is 0.674. The second kappa shape index (κ2) is 4.32. The third-order valence-corrected chi connectivity index (χ3v) is 3.09. The van der Waals surface area contributed by atoms with Gasteiger partial charge in [0, 0.05) is 19.2 Å². The third-order valence-electron chi connectivity index (χ3n) is 3.09. The summed E-state index contributed by atoms with van der Waals surface area (Å²) in [6.07, 6.45) is -1.07. The van der Waals surface area contributed by atoms with Crippen LogP contribution < -0.4 is 10.3 Å². The highest BCUT2D eigenvalue weighted by molar-refractivity contribution is 5.66. The van der Waals surface area contributed by atoms with E-state index >= 15 is 0 Å². The lowest BCUT2D eigenvalue weighted by atomic mass is 10.1. The van der Waals surface area contributed by atoms with Crippen molar-refractivity contribution in [1.82, 2.24) is 9.55 Å². The molecule has 2 aliphatic heterocycles. The summed E-state index contributed by atoms with van der Waals surface area (Å²) in [5.41, 5.74) is -0.422. The summed E-state index contributed by atoms with van der Waals surface area (Å²) in [6, 6.07) is 1.40. The van der Waals surface area contributed by atoms with E-state index in [1.807, 2.05) is 0 Å². The van der Waals surface area contributed by atoms with Crippen LogP contribution in [0.15, 0.2) is 17.1 Å². The van der Waals surface area contributed by atoms with Gasteiger partial charge in [-0.1, -0.05) is 0 Å². The van der Waals surface area contributed by atoms with Gasteiger partial charge < -0.3 is 19.3 Å². The molecule has 0 aromatic carbocycles. The van der Waals surface area contributed by atoms with Crippen LogP contribution in [0, 0.1) is 0 Å². The molecule has 8 nitrogen and oxygen atoms in total. The minimum atomic E-state index is -0.732. The Kier molecular flexibility index (Phi) is 2.76. The molecule has 1 aromatic rings. The van der Waals surface area contributed by atoms with Crippen LogP contribution in [0.2, 0.25) is 0 Å². The Bertz CT molecular complexity index is 571. The monoisotopic (exact) mass is 268 g/mol. The van der Waals surface area contributed by atoms with E-state index in [4.69, 9.17) is 14.2 Å². The molecule has 0 amide bonds. The zero-order valence-corrected chi connectivity index (χ0v) is 10.1. The highest BCUT2D eigenvalue weighted by Crippen LogP contribution is 2.39. The highest BCUT2D eigenvalue weighted by Gasteiger charge is 2.53. The van der Waals surface area contributed by atoms with Gasteiger partial charge in [-0.2, -0.15) is 4.98 Å². The molecule has 1 saturated heterocycles. The zero-order chi connectivity index (χ0) is 13.6. The summed E-state index contributed by atoms with van der Waals surface area (Å²) in [7, 11) is 0. The van der Waals surface area contributed by atoms with Crippen molar-refractivity contribution in [2.24, 2.45) is 0 Å². The van der Waals surface area contributed by atoms with Gasteiger partial charge in [0.25, 0.3) is 5.56 Å². The summed E-state index contributed by atoms with van der Waals surface area (Å²) < 4.78 is 17.7. The first kappa shape index (κ1) is 12.1. The highest BCUT2D eigenvalue weighted by atomic mass is 16.7. The van der Waals surface area contributed by atoms with Gasteiger partial charge in [-0.25, -0.2) is 0 Å². The maximum absolute atomic E-state index is 11.2. The van der Waals surface area contributed by atoms with E-state index in [9.17, 15) is 14.7 Å². The molecule has 0 saturated carbocycles. The molecule has 0 aliphatic carbocycles. The molecular formula is C11H12N2O6. The van der Waals surface area contributed by atoms with Gasteiger partial charge in [0.15, 0.2) is 18.4 Å². The zero-order valence-electron chi connectivity index (χ0n) is 10.1. The van der Waals surface area contributed by atoms with Crippen LogP contribution in [-0.2, 0) is 14.3 Å². The number of nitrogens with zero attached hydrogens (tertiary/aromatic N) is 2. The fraction of sp³-hybridized carbons (Fsp3) is 0.545. The molecule has 3 rings (SSSR count). The number of aliphatic hydroxyl groups excluding tert-OH is 1. The van der Waals surface area contributed by atoms with Gasteiger partial charge in [-0.05, 0) is 0 Å². The first-order valence-corrected chi connectivity index (χ1v) is 5.79. The van der Waals surface area contributed by atoms with Crippen LogP contribution in [0.25, 0.3) is 0 Å². The van der Waals surface area contributed by atoms with Crippen molar-refractivity contribution in [3.8, 4) is 6.01 Å². The Morgan fingerprint density at radius 2 is 2.42 bits per heavy atom. The molecule has 3 heterocycles. The number of aliphatic hydroxyl groups is 1. The number of esters is 1. The Morgan fingerprint density at radius 3 is 3.11 bits per heavy atom. The van der Waals surface area contributed by atoms with Gasteiger partial charge in [0.1, 0.15) is 6.10 Å². The number of rotatable bonds is 2. The topological polar surface area (TPSA) is 99.9 Å². The molecule has 2 aliphatic rings. The molecule has 1 N–H and O–H groups in total. The molecule has 1 fully saturated rings. The molecule has 102 valence electrons. The molecular weight excluding hydrogens is 256 g/mol. The molecule has 8 heteroatoms. The maximum Gasteiger partial charge on any atom is 0.303 e. The van der Waals surface area contributed by atoms with Crippen LogP contribution >= 0.6 is 0 Å². The van der Waals surface area contributed by atoms with Gasteiger partial charge in [0.05, 0.1) is 6.61 Å². The third kappa shape index (κ3) is 1.89. The molecule has 4 atom stereocenters. The first-order valence-electron chi connectivity index (χ1n) is 5.79. The average Bonchev–Trinajstić information content (AvgIpc) is 2.85. The lowest BCUT2D eigenvalue weighted by Crippen LogP contribution is -2.38. The predicted octanol–water partition coefficient (Wildman–Crippen LogP) is -1.17. The van der Waals surface area contributed by atoms with Gasteiger partial charge in [0.2, 0.25) is 0 Å². The van der Waals surface area contributed by atoms with Crippen LogP contribution in [0.4, 0.5) is 0 Å². The van der Waals surface area contributed by atoms with Crippen molar-refractivity contribution in [3.63, 3.8) is 0 Å². The maximum atomic E-state index is 11.2. The predicted molar refractivity (Wildman–Crippen MR) is 59.5 cm³/mol. The van der Waals surface area contributed by atoms with E-state index in [-0.39, 0.29) is 12.6 Å². The molecule has 19 heavy (non-hydrogen) atoms. The van der Waals surface area contributed by atoms with E-state index in [1.54, 1.807) is 0 Å². The summed E-state index contributed by atoms with van der Waals surface area (Å²) >= 11 is 0. The molecule has 0 spiro atoms. The van der Waals surface area contributed by atoms with Crippen molar-refractivity contribution in [3.05, 3.63) is 22.6 Å². The van der Waals surface area contributed by atoms with E-state index < -0.39 is 36.1 Å². The standard InChI is InChI=1S/C11H12N2O6/c1-5(15)17-8-6(4-14)18-10-9(8)19-11-12-7(16)2-3-13(10)11/h2-3,6,8-10,14H,4H2,1H3/t6-,8?,9-,10-/m1/s1. The number of ether oxygens (including phenoxy) is 3. The summed E-state index contributed by atoms with van der Waals surface area (Å²) in [4.78, 5) is 26.0. The Labute approximate surface area is 107 Å². The Balaban J connectivity index is 1.92. The second-order valence-corrected chi connectivity index (χ2v) is 4.36. The first-order chi connectivity index (χ1) is 9.10. The molecule has 1 aromatic heterocycles.